The number of hydrogen-bond acceptors (Lipinski definition) is 3. The van der Waals surface area contributed by atoms with Crippen LogP contribution in [0.25, 0.3) is 5.69 Å². The molecule has 3 N–H and O–H groups in total. The molecule has 0 saturated carbocycles. The Balaban J connectivity index is 2.12. The zero-order valence-corrected chi connectivity index (χ0v) is 13.8. The normalized spacial score (nSPS) is 12.0. The molecule has 0 saturated heterocycles. The van der Waals surface area contributed by atoms with E-state index in [1.54, 1.807) is 10.9 Å². The van der Waals surface area contributed by atoms with Gasteiger partial charge in [0.2, 0.25) is 0 Å². The molecule has 1 heterocycles. The van der Waals surface area contributed by atoms with Crippen LogP contribution in [0.15, 0.2) is 30.6 Å². The van der Waals surface area contributed by atoms with Crippen molar-refractivity contribution in [1.29, 1.82) is 0 Å². The average molecular weight is 316 g/mol. The van der Waals surface area contributed by atoms with Gasteiger partial charge in [0.1, 0.15) is 0 Å². The average Bonchev–Trinajstić information content (AvgIpc) is 2.91. The van der Waals surface area contributed by atoms with Crippen LogP contribution in [0.1, 0.15) is 30.9 Å². The summed E-state index contributed by atoms with van der Waals surface area (Å²) in [6, 6.07) is 5.59. The maximum Gasteiger partial charge on any atom is 0.319 e. The maximum atomic E-state index is 12.2. The first-order valence-corrected chi connectivity index (χ1v) is 7.80. The minimum Gasteiger partial charge on any atom is -0.396 e. The lowest BCUT2D eigenvalue weighted by Gasteiger charge is -2.16. The predicted octanol–water partition coefficient (Wildman–Crippen LogP) is 2.77. The molecule has 0 spiro atoms. The first-order valence-electron chi connectivity index (χ1n) is 7.80. The number of aliphatic hydroxyl groups is 1. The molecule has 0 aliphatic carbocycles. The summed E-state index contributed by atoms with van der Waals surface area (Å²) in [7, 11) is 0. The van der Waals surface area contributed by atoms with Crippen molar-refractivity contribution in [3.63, 3.8) is 0 Å². The Kier molecular flexibility index (Phi) is 5.76. The number of aromatic nitrogens is 2. The van der Waals surface area contributed by atoms with E-state index in [4.69, 9.17) is 5.11 Å². The smallest absolute Gasteiger partial charge is 0.319 e. The van der Waals surface area contributed by atoms with Crippen LogP contribution in [0.2, 0.25) is 0 Å². The van der Waals surface area contributed by atoms with Crippen molar-refractivity contribution in [3.05, 3.63) is 41.7 Å². The van der Waals surface area contributed by atoms with Gasteiger partial charge in [-0.1, -0.05) is 6.07 Å². The molecule has 2 aromatic rings. The summed E-state index contributed by atoms with van der Waals surface area (Å²) < 4.78 is 1.75. The summed E-state index contributed by atoms with van der Waals surface area (Å²) in [4.78, 5) is 12.2. The van der Waals surface area contributed by atoms with Crippen LogP contribution in [0.5, 0.6) is 0 Å². The molecule has 6 heteroatoms. The number of carbonyl (C=O) groups excluding carboxylic acids is 1. The van der Waals surface area contributed by atoms with E-state index in [2.05, 4.69) is 15.7 Å². The molecular weight excluding hydrogens is 292 g/mol. The lowest BCUT2D eigenvalue weighted by atomic mass is 10.2. The molecule has 1 unspecified atom stereocenters. The third-order valence-corrected chi connectivity index (χ3v) is 3.53. The number of amides is 2. The van der Waals surface area contributed by atoms with Gasteiger partial charge < -0.3 is 15.7 Å². The largest absolute Gasteiger partial charge is 0.396 e. The first kappa shape index (κ1) is 17.0. The minimum atomic E-state index is -0.258. The van der Waals surface area contributed by atoms with Crippen LogP contribution in [-0.2, 0) is 0 Å². The quantitative estimate of drug-likeness (QED) is 0.766. The van der Waals surface area contributed by atoms with E-state index in [-0.39, 0.29) is 18.7 Å². The van der Waals surface area contributed by atoms with Gasteiger partial charge in [0.25, 0.3) is 0 Å². The topological polar surface area (TPSA) is 79.2 Å². The van der Waals surface area contributed by atoms with E-state index in [0.29, 0.717) is 12.1 Å². The summed E-state index contributed by atoms with van der Waals surface area (Å²) in [6.07, 6.45) is 5.10. The number of hydrogen-bond donors (Lipinski definition) is 3. The van der Waals surface area contributed by atoms with Gasteiger partial charge >= 0.3 is 6.03 Å². The Hall–Kier alpha value is -2.34. The van der Waals surface area contributed by atoms with Crippen LogP contribution in [-0.4, -0.2) is 33.6 Å². The molecule has 0 radical (unpaired) electrons. The van der Waals surface area contributed by atoms with Crippen molar-refractivity contribution in [2.24, 2.45) is 0 Å². The molecule has 124 valence electrons. The van der Waals surface area contributed by atoms with Gasteiger partial charge in [-0.05, 0) is 56.9 Å². The number of benzene rings is 1. The molecule has 0 aliphatic heterocycles. The molecule has 2 rings (SSSR count). The van der Waals surface area contributed by atoms with Gasteiger partial charge in [0, 0.05) is 18.8 Å². The van der Waals surface area contributed by atoms with E-state index in [1.807, 2.05) is 45.2 Å². The third kappa shape index (κ3) is 4.82. The monoisotopic (exact) mass is 316 g/mol. The number of carbonyl (C=O) groups is 1. The maximum absolute atomic E-state index is 12.2. The van der Waals surface area contributed by atoms with Gasteiger partial charge in [-0.3, -0.25) is 0 Å². The van der Waals surface area contributed by atoms with E-state index in [0.717, 1.165) is 23.2 Å². The lowest BCUT2D eigenvalue weighted by molar-refractivity contribution is 0.245. The second-order valence-corrected chi connectivity index (χ2v) is 5.85. The molecule has 23 heavy (non-hydrogen) atoms. The Labute approximate surface area is 136 Å². The van der Waals surface area contributed by atoms with Crippen LogP contribution in [0.3, 0.4) is 0 Å². The Morgan fingerprint density at radius 2 is 2.13 bits per heavy atom. The summed E-state index contributed by atoms with van der Waals surface area (Å²) in [5, 5.41) is 18.9. The van der Waals surface area contributed by atoms with E-state index < -0.39 is 0 Å². The summed E-state index contributed by atoms with van der Waals surface area (Å²) in [6.45, 7) is 6.00. The van der Waals surface area contributed by atoms with E-state index in [9.17, 15) is 4.79 Å². The molecule has 0 bridgehead atoms. The number of rotatable bonds is 6. The van der Waals surface area contributed by atoms with Gasteiger partial charge in [0.05, 0.1) is 17.6 Å². The van der Waals surface area contributed by atoms with Crippen molar-refractivity contribution in [2.75, 3.05) is 11.9 Å². The van der Waals surface area contributed by atoms with Crippen LogP contribution < -0.4 is 10.6 Å². The Bertz CT molecular complexity index is 666. The highest BCUT2D eigenvalue weighted by Gasteiger charge is 2.11. The molecule has 0 fully saturated rings. The predicted molar refractivity (Wildman–Crippen MR) is 91.0 cm³/mol. The van der Waals surface area contributed by atoms with Crippen molar-refractivity contribution in [3.8, 4) is 5.69 Å². The van der Waals surface area contributed by atoms with Crippen LogP contribution in [0, 0.1) is 13.8 Å². The molecule has 1 atom stereocenters. The number of aliphatic hydroxyl groups excluding tert-OH is 1. The van der Waals surface area contributed by atoms with Crippen molar-refractivity contribution in [1.82, 2.24) is 15.1 Å². The fourth-order valence-corrected chi connectivity index (χ4v) is 2.35. The molecule has 6 nitrogen and oxygen atoms in total. The van der Waals surface area contributed by atoms with Gasteiger partial charge in [-0.25, -0.2) is 9.48 Å². The Morgan fingerprint density at radius 1 is 1.35 bits per heavy atom. The number of nitrogens with zero attached hydrogens (tertiary/aromatic N) is 2. The second kappa shape index (κ2) is 7.78. The first-order chi connectivity index (χ1) is 11.0. The van der Waals surface area contributed by atoms with Crippen molar-refractivity contribution < 1.29 is 9.90 Å². The van der Waals surface area contributed by atoms with Crippen LogP contribution in [0.4, 0.5) is 10.5 Å². The summed E-state index contributed by atoms with van der Waals surface area (Å²) in [5.74, 6) is 0. The molecule has 1 aromatic heterocycles. The number of urea groups is 1. The summed E-state index contributed by atoms with van der Waals surface area (Å²) >= 11 is 0. The molecule has 0 aliphatic rings. The Morgan fingerprint density at radius 3 is 2.78 bits per heavy atom. The van der Waals surface area contributed by atoms with Gasteiger partial charge in [-0.2, -0.15) is 5.10 Å². The third-order valence-electron chi connectivity index (χ3n) is 3.53. The molecule has 1 aromatic carbocycles. The number of nitrogens with one attached hydrogen (secondary N) is 2. The number of aryl methyl sites for hydroxylation is 2. The lowest BCUT2D eigenvalue weighted by Crippen LogP contribution is -2.36. The molecular formula is C17H24N4O2. The highest BCUT2D eigenvalue weighted by atomic mass is 16.3. The highest BCUT2D eigenvalue weighted by Crippen LogP contribution is 2.21. The van der Waals surface area contributed by atoms with Gasteiger partial charge in [0.15, 0.2) is 0 Å². The fraction of sp³-hybridized carbons (Fsp3) is 0.412. The minimum absolute atomic E-state index is 0.00218. The number of anilines is 1. The van der Waals surface area contributed by atoms with Crippen LogP contribution >= 0.6 is 0 Å². The van der Waals surface area contributed by atoms with Crippen molar-refractivity contribution in [2.45, 2.75) is 39.7 Å². The SMILES string of the molecule is Cc1ccc(-n2cc(C)cn2)c(NC(=O)NC(C)CCCO)c1. The second-order valence-electron chi connectivity index (χ2n) is 5.85. The fourth-order valence-electron chi connectivity index (χ4n) is 2.35. The highest BCUT2D eigenvalue weighted by molar-refractivity contribution is 5.91. The standard InChI is InChI=1S/C17H24N4O2/c1-12-6-7-16(21-11-13(2)10-18-21)15(9-12)20-17(23)19-14(3)5-4-8-22/h6-7,9-11,14,22H,4-5,8H2,1-3H3,(H2,19,20,23). The van der Waals surface area contributed by atoms with Gasteiger partial charge in [-0.15, -0.1) is 0 Å². The summed E-state index contributed by atoms with van der Waals surface area (Å²) in [5.41, 5.74) is 3.64. The van der Waals surface area contributed by atoms with Crippen molar-refractivity contribution >= 4 is 11.7 Å². The molecule has 2 amide bonds. The zero-order valence-electron chi connectivity index (χ0n) is 13.8. The zero-order chi connectivity index (χ0) is 16.8. The van der Waals surface area contributed by atoms with E-state index >= 15 is 0 Å². The van der Waals surface area contributed by atoms with E-state index in [1.165, 1.54) is 0 Å².